The molecule has 1 N–H and O–H groups in total. The van der Waals surface area contributed by atoms with E-state index in [0.29, 0.717) is 11.1 Å². The zero-order valence-electron chi connectivity index (χ0n) is 14.7. The summed E-state index contributed by atoms with van der Waals surface area (Å²) in [6.45, 7) is 3.78. The molecule has 1 amide bonds. The molecule has 1 atom stereocenters. The molecule has 1 aromatic heterocycles. The van der Waals surface area contributed by atoms with Gasteiger partial charge in [-0.2, -0.15) is 0 Å². The Labute approximate surface area is 156 Å². The molecule has 0 fully saturated rings. The predicted molar refractivity (Wildman–Crippen MR) is 101 cm³/mol. The molecule has 7 heteroatoms. The van der Waals surface area contributed by atoms with Crippen LogP contribution >= 0.6 is 11.8 Å². The van der Waals surface area contributed by atoms with Gasteiger partial charge in [-0.15, -0.1) is 10.2 Å². The highest BCUT2D eigenvalue weighted by Crippen LogP contribution is 2.27. The van der Waals surface area contributed by atoms with Gasteiger partial charge in [0.1, 0.15) is 5.75 Å². The largest absolute Gasteiger partial charge is 0.497 e. The van der Waals surface area contributed by atoms with Gasteiger partial charge in [-0.25, -0.2) is 0 Å². The number of carbonyl (C=O) groups excluding carboxylic acids is 1. The number of nitrogens with zero attached hydrogens (tertiary/aromatic N) is 2. The Kier molecular flexibility index (Phi) is 5.58. The standard InChI is InChI=1S/C19H19N3O3S/c1-12-5-4-6-15(11-12)20-17(23)13(2)26-19-22-21-18(25-19)14-7-9-16(24-3)10-8-14/h4-11,13H,1-3H3,(H,20,23)/t13-/m1/s1. The number of hydrogen-bond acceptors (Lipinski definition) is 6. The molecule has 3 rings (SSSR count). The Morgan fingerprint density at radius 1 is 1.19 bits per heavy atom. The van der Waals surface area contributed by atoms with Gasteiger partial charge in [0.05, 0.1) is 12.4 Å². The van der Waals surface area contributed by atoms with Crippen molar-refractivity contribution in [3.63, 3.8) is 0 Å². The number of ether oxygens (including phenoxy) is 1. The highest BCUT2D eigenvalue weighted by Gasteiger charge is 2.19. The molecule has 0 aliphatic rings. The molecule has 3 aromatic rings. The number of anilines is 1. The van der Waals surface area contributed by atoms with Gasteiger partial charge in [-0.3, -0.25) is 4.79 Å². The van der Waals surface area contributed by atoms with Gasteiger partial charge in [0.25, 0.3) is 5.22 Å². The van der Waals surface area contributed by atoms with Crippen LogP contribution in [0.15, 0.2) is 58.2 Å². The summed E-state index contributed by atoms with van der Waals surface area (Å²) in [7, 11) is 1.61. The third-order valence-corrected chi connectivity index (χ3v) is 4.61. The number of methoxy groups -OCH3 is 1. The van der Waals surface area contributed by atoms with Crippen LogP contribution < -0.4 is 10.1 Å². The number of thioether (sulfide) groups is 1. The zero-order chi connectivity index (χ0) is 18.5. The number of rotatable bonds is 6. The van der Waals surface area contributed by atoms with Crippen LogP contribution in [0.2, 0.25) is 0 Å². The van der Waals surface area contributed by atoms with Crippen LogP contribution in [-0.4, -0.2) is 28.5 Å². The number of benzene rings is 2. The van der Waals surface area contributed by atoms with E-state index in [0.717, 1.165) is 22.6 Å². The first-order valence-electron chi connectivity index (χ1n) is 8.07. The van der Waals surface area contributed by atoms with Gasteiger partial charge in [-0.1, -0.05) is 23.9 Å². The molecule has 26 heavy (non-hydrogen) atoms. The summed E-state index contributed by atoms with van der Waals surface area (Å²) in [5.74, 6) is 1.04. The number of amides is 1. The topological polar surface area (TPSA) is 77.2 Å². The normalized spacial score (nSPS) is 11.8. The first-order valence-corrected chi connectivity index (χ1v) is 8.95. The van der Waals surface area contributed by atoms with Crippen molar-refractivity contribution in [3.05, 3.63) is 54.1 Å². The molecule has 0 saturated heterocycles. The number of hydrogen-bond donors (Lipinski definition) is 1. The SMILES string of the molecule is COc1ccc(-c2nnc(S[C@H](C)C(=O)Nc3cccc(C)c3)o2)cc1. The van der Waals surface area contributed by atoms with Crippen molar-refractivity contribution in [2.24, 2.45) is 0 Å². The fraction of sp³-hybridized carbons (Fsp3) is 0.211. The van der Waals surface area contributed by atoms with Gasteiger partial charge in [0.2, 0.25) is 11.8 Å². The molecule has 134 valence electrons. The van der Waals surface area contributed by atoms with Crippen LogP contribution in [0.4, 0.5) is 5.69 Å². The van der Waals surface area contributed by atoms with E-state index in [-0.39, 0.29) is 11.2 Å². The minimum Gasteiger partial charge on any atom is -0.497 e. The van der Waals surface area contributed by atoms with E-state index in [2.05, 4.69) is 15.5 Å². The second-order valence-corrected chi connectivity index (χ2v) is 7.01. The molecule has 0 radical (unpaired) electrons. The summed E-state index contributed by atoms with van der Waals surface area (Å²) >= 11 is 1.22. The molecule has 0 bridgehead atoms. The van der Waals surface area contributed by atoms with E-state index in [1.54, 1.807) is 14.0 Å². The van der Waals surface area contributed by atoms with Crippen LogP contribution in [-0.2, 0) is 4.79 Å². The highest BCUT2D eigenvalue weighted by atomic mass is 32.2. The van der Waals surface area contributed by atoms with E-state index in [1.165, 1.54) is 11.8 Å². The maximum atomic E-state index is 12.3. The minimum atomic E-state index is -0.375. The Morgan fingerprint density at radius 2 is 1.96 bits per heavy atom. The summed E-state index contributed by atoms with van der Waals surface area (Å²) in [6, 6.07) is 15.0. The van der Waals surface area contributed by atoms with Crippen LogP contribution in [0.25, 0.3) is 11.5 Å². The summed E-state index contributed by atoms with van der Waals surface area (Å²) in [6.07, 6.45) is 0. The summed E-state index contributed by atoms with van der Waals surface area (Å²) < 4.78 is 10.8. The fourth-order valence-corrected chi connectivity index (χ4v) is 2.96. The Morgan fingerprint density at radius 3 is 2.65 bits per heavy atom. The second kappa shape index (κ2) is 8.05. The van der Waals surface area contributed by atoms with Gasteiger partial charge in [0, 0.05) is 11.3 Å². The van der Waals surface area contributed by atoms with Crippen LogP contribution in [0.3, 0.4) is 0 Å². The van der Waals surface area contributed by atoms with Crippen molar-refractivity contribution in [1.29, 1.82) is 0 Å². The van der Waals surface area contributed by atoms with Gasteiger partial charge < -0.3 is 14.5 Å². The van der Waals surface area contributed by atoms with Gasteiger partial charge in [-0.05, 0) is 55.8 Å². The van der Waals surface area contributed by atoms with Crippen molar-refractivity contribution in [2.75, 3.05) is 12.4 Å². The molecule has 0 saturated carbocycles. The molecule has 0 aliphatic carbocycles. The Balaban J connectivity index is 1.63. The molecule has 6 nitrogen and oxygen atoms in total. The Bertz CT molecular complexity index is 893. The number of aryl methyl sites for hydroxylation is 1. The lowest BCUT2D eigenvalue weighted by atomic mass is 10.2. The summed E-state index contributed by atoms with van der Waals surface area (Å²) in [5.41, 5.74) is 2.65. The lowest BCUT2D eigenvalue weighted by Gasteiger charge is -2.10. The van der Waals surface area contributed by atoms with E-state index < -0.39 is 0 Å². The summed E-state index contributed by atoms with van der Waals surface area (Å²) in [5, 5.41) is 10.9. The number of aromatic nitrogens is 2. The van der Waals surface area contributed by atoms with E-state index in [4.69, 9.17) is 9.15 Å². The van der Waals surface area contributed by atoms with Crippen molar-refractivity contribution < 1.29 is 13.9 Å². The monoisotopic (exact) mass is 369 g/mol. The van der Waals surface area contributed by atoms with E-state index in [1.807, 2.05) is 55.5 Å². The smallest absolute Gasteiger partial charge is 0.277 e. The lowest BCUT2D eigenvalue weighted by molar-refractivity contribution is -0.115. The average Bonchev–Trinajstić information content (AvgIpc) is 3.10. The molecule has 0 spiro atoms. The van der Waals surface area contributed by atoms with E-state index >= 15 is 0 Å². The lowest BCUT2D eigenvalue weighted by Crippen LogP contribution is -2.22. The van der Waals surface area contributed by atoms with Crippen molar-refractivity contribution in [3.8, 4) is 17.2 Å². The Hall–Kier alpha value is -2.80. The second-order valence-electron chi connectivity index (χ2n) is 5.72. The first kappa shape index (κ1) is 18.0. The molecular weight excluding hydrogens is 350 g/mol. The number of carbonyl (C=O) groups is 1. The molecular formula is C19H19N3O3S. The van der Waals surface area contributed by atoms with Crippen molar-refractivity contribution >= 4 is 23.4 Å². The first-order chi connectivity index (χ1) is 12.5. The number of nitrogens with one attached hydrogen (secondary N) is 1. The van der Waals surface area contributed by atoms with Crippen LogP contribution in [0, 0.1) is 6.92 Å². The summed E-state index contributed by atoms with van der Waals surface area (Å²) in [4.78, 5) is 12.3. The van der Waals surface area contributed by atoms with E-state index in [9.17, 15) is 4.79 Å². The maximum absolute atomic E-state index is 12.3. The quantitative estimate of drug-likeness (QED) is 0.657. The van der Waals surface area contributed by atoms with Gasteiger partial charge in [0.15, 0.2) is 0 Å². The van der Waals surface area contributed by atoms with Crippen LogP contribution in [0.1, 0.15) is 12.5 Å². The molecule has 1 heterocycles. The minimum absolute atomic E-state index is 0.121. The molecule has 2 aromatic carbocycles. The van der Waals surface area contributed by atoms with Crippen LogP contribution in [0.5, 0.6) is 5.75 Å². The third-order valence-electron chi connectivity index (χ3n) is 3.68. The van der Waals surface area contributed by atoms with Gasteiger partial charge >= 0.3 is 0 Å². The highest BCUT2D eigenvalue weighted by molar-refractivity contribution is 8.00. The predicted octanol–water partition coefficient (Wildman–Crippen LogP) is 4.17. The third kappa shape index (κ3) is 4.43. The zero-order valence-corrected chi connectivity index (χ0v) is 15.5. The van der Waals surface area contributed by atoms with Crippen molar-refractivity contribution in [2.45, 2.75) is 24.3 Å². The average molecular weight is 369 g/mol. The maximum Gasteiger partial charge on any atom is 0.277 e. The molecule has 0 aliphatic heterocycles. The van der Waals surface area contributed by atoms with Crippen molar-refractivity contribution in [1.82, 2.24) is 10.2 Å². The fourth-order valence-electron chi connectivity index (χ4n) is 2.28. The molecule has 0 unspecified atom stereocenters.